The third-order valence-corrected chi connectivity index (χ3v) is 2.86. The molecule has 0 spiro atoms. The molecule has 0 saturated heterocycles. The quantitative estimate of drug-likeness (QED) is 0.833. The molecule has 5 heteroatoms. The molecule has 4 nitrogen and oxygen atoms in total. The van der Waals surface area contributed by atoms with Crippen LogP contribution in [0.15, 0.2) is 30.5 Å². The first-order valence-electron chi connectivity index (χ1n) is 5.36. The highest BCUT2D eigenvalue weighted by molar-refractivity contribution is 6.33. The molecule has 2 N–H and O–H groups in total. The Morgan fingerprint density at radius 1 is 1.33 bits per heavy atom. The van der Waals surface area contributed by atoms with E-state index in [1.807, 2.05) is 19.1 Å². The van der Waals surface area contributed by atoms with Crippen molar-refractivity contribution in [1.82, 2.24) is 4.98 Å². The van der Waals surface area contributed by atoms with E-state index in [1.165, 1.54) is 7.11 Å². The van der Waals surface area contributed by atoms with Crippen molar-refractivity contribution in [3.8, 4) is 17.0 Å². The van der Waals surface area contributed by atoms with Crippen LogP contribution >= 0.6 is 11.6 Å². The number of halogens is 1. The molecular formula is C13H13ClN2O2. The number of aryl methyl sites for hydroxylation is 1. The lowest BCUT2D eigenvalue weighted by molar-refractivity contribution is 0.373. The molecule has 2 rings (SSSR count). The smallest absolute Gasteiger partial charge is 0.144 e. The number of anilines is 1. The lowest BCUT2D eigenvalue weighted by atomic mass is 10.1. The lowest BCUT2D eigenvalue weighted by Gasteiger charge is -2.10. The van der Waals surface area contributed by atoms with Crippen molar-refractivity contribution in [2.75, 3.05) is 12.6 Å². The maximum atomic E-state index is 9.05. The highest BCUT2D eigenvalue weighted by atomic mass is 35.5. The fraction of sp³-hybridized carbons (Fsp3) is 0.154. The van der Waals surface area contributed by atoms with E-state index in [1.54, 1.807) is 18.3 Å². The highest BCUT2D eigenvalue weighted by Crippen LogP contribution is 2.32. The monoisotopic (exact) mass is 264 g/mol. The summed E-state index contributed by atoms with van der Waals surface area (Å²) in [5.41, 5.74) is 5.03. The molecule has 0 radical (unpaired) electrons. The minimum atomic E-state index is 0.466. The summed E-state index contributed by atoms with van der Waals surface area (Å²) in [6.45, 7) is 1.93. The van der Waals surface area contributed by atoms with Crippen molar-refractivity contribution in [1.29, 1.82) is 0 Å². The highest BCUT2D eigenvalue weighted by Gasteiger charge is 2.09. The summed E-state index contributed by atoms with van der Waals surface area (Å²) < 4.78 is 5.10. The molecule has 0 unspecified atom stereocenters. The average Bonchev–Trinajstić information content (AvgIpc) is 2.38. The third-order valence-electron chi connectivity index (χ3n) is 2.57. The van der Waals surface area contributed by atoms with Crippen LogP contribution in [0.25, 0.3) is 11.3 Å². The average molecular weight is 265 g/mol. The SMILES string of the molecule is COc1ccc(-c2ncc(C)cc2Cl)cc1NO. The maximum Gasteiger partial charge on any atom is 0.144 e. The van der Waals surface area contributed by atoms with Crippen molar-refractivity contribution in [3.63, 3.8) is 0 Å². The minimum Gasteiger partial charge on any atom is -0.495 e. The Labute approximate surface area is 110 Å². The molecule has 1 aromatic carbocycles. The zero-order chi connectivity index (χ0) is 13.1. The largest absolute Gasteiger partial charge is 0.495 e. The number of benzene rings is 1. The van der Waals surface area contributed by atoms with Gasteiger partial charge in [0.25, 0.3) is 0 Å². The van der Waals surface area contributed by atoms with E-state index in [9.17, 15) is 0 Å². The van der Waals surface area contributed by atoms with Crippen LogP contribution < -0.4 is 10.2 Å². The van der Waals surface area contributed by atoms with Gasteiger partial charge in [-0.2, -0.15) is 0 Å². The lowest BCUT2D eigenvalue weighted by Crippen LogP contribution is -1.95. The Morgan fingerprint density at radius 2 is 2.11 bits per heavy atom. The van der Waals surface area contributed by atoms with Crippen LogP contribution in [0.1, 0.15) is 5.56 Å². The zero-order valence-corrected chi connectivity index (χ0v) is 10.8. The van der Waals surface area contributed by atoms with Crippen LogP contribution in [-0.2, 0) is 0 Å². The normalized spacial score (nSPS) is 10.2. The number of nitrogens with one attached hydrogen (secondary N) is 1. The molecule has 0 aliphatic heterocycles. The number of nitrogens with zero attached hydrogens (tertiary/aromatic N) is 1. The van der Waals surface area contributed by atoms with Gasteiger partial charge in [-0.15, -0.1) is 0 Å². The summed E-state index contributed by atoms with van der Waals surface area (Å²) in [6, 6.07) is 7.15. The molecule has 2 aromatic rings. The van der Waals surface area contributed by atoms with E-state index in [4.69, 9.17) is 21.5 Å². The van der Waals surface area contributed by atoms with Crippen LogP contribution in [0.5, 0.6) is 5.75 Å². The second-order valence-electron chi connectivity index (χ2n) is 3.87. The Bertz CT molecular complexity index is 573. The summed E-state index contributed by atoms with van der Waals surface area (Å²) in [5, 5.41) is 9.62. The molecule has 94 valence electrons. The molecule has 0 aliphatic carbocycles. The van der Waals surface area contributed by atoms with Gasteiger partial charge < -0.3 is 4.74 Å². The zero-order valence-electron chi connectivity index (χ0n) is 10.1. The Balaban J connectivity index is 2.51. The van der Waals surface area contributed by atoms with Crippen molar-refractivity contribution in [3.05, 3.63) is 41.0 Å². The number of hydrogen-bond acceptors (Lipinski definition) is 4. The fourth-order valence-corrected chi connectivity index (χ4v) is 2.02. The van der Waals surface area contributed by atoms with Gasteiger partial charge in [-0.3, -0.25) is 15.7 Å². The molecule has 1 heterocycles. The van der Waals surface area contributed by atoms with Gasteiger partial charge in [0.1, 0.15) is 11.4 Å². The van der Waals surface area contributed by atoms with E-state index in [0.717, 1.165) is 11.1 Å². The van der Waals surface area contributed by atoms with Crippen LogP contribution in [0.4, 0.5) is 5.69 Å². The molecule has 0 amide bonds. The first-order chi connectivity index (χ1) is 8.65. The number of rotatable bonds is 3. The van der Waals surface area contributed by atoms with Crippen LogP contribution in [0.2, 0.25) is 5.02 Å². The number of aromatic nitrogens is 1. The molecule has 0 saturated carbocycles. The van der Waals surface area contributed by atoms with Crippen molar-refractivity contribution in [2.24, 2.45) is 0 Å². The predicted molar refractivity (Wildman–Crippen MR) is 71.4 cm³/mol. The summed E-state index contributed by atoms with van der Waals surface area (Å²) in [6.07, 6.45) is 1.75. The van der Waals surface area contributed by atoms with E-state index in [2.05, 4.69) is 10.5 Å². The van der Waals surface area contributed by atoms with Crippen LogP contribution in [-0.4, -0.2) is 17.3 Å². The second-order valence-corrected chi connectivity index (χ2v) is 4.28. The first-order valence-corrected chi connectivity index (χ1v) is 5.74. The second kappa shape index (κ2) is 5.25. The molecule has 0 aliphatic rings. The molecule has 0 atom stereocenters. The van der Waals surface area contributed by atoms with Gasteiger partial charge >= 0.3 is 0 Å². The van der Waals surface area contributed by atoms with Gasteiger partial charge in [0.05, 0.1) is 17.8 Å². The van der Waals surface area contributed by atoms with Gasteiger partial charge in [0.15, 0.2) is 0 Å². The molecular weight excluding hydrogens is 252 g/mol. The number of methoxy groups -OCH3 is 1. The van der Waals surface area contributed by atoms with E-state index in [-0.39, 0.29) is 0 Å². The third kappa shape index (κ3) is 2.39. The van der Waals surface area contributed by atoms with Crippen molar-refractivity contribution >= 4 is 17.3 Å². The molecule has 0 fully saturated rings. The van der Waals surface area contributed by atoms with Gasteiger partial charge in [0, 0.05) is 11.8 Å². The fourth-order valence-electron chi connectivity index (χ4n) is 1.69. The number of hydrogen-bond donors (Lipinski definition) is 2. The van der Waals surface area contributed by atoms with E-state index < -0.39 is 0 Å². The van der Waals surface area contributed by atoms with Gasteiger partial charge in [0.2, 0.25) is 0 Å². The summed E-state index contributed by atoms with van der Waals surface area (Å²) >= 11 is 6.16. The summed E-state index contributed by atoms with van der Waals surface area (Å²) in [4.78, 5) is 4.30. The molecule has 1 aromatic heterocycles. The van der Waals surface area contributed by atoms with Crippen molar-refractivity contribution < 1.29 is 9.94 Å². The van der Waals surface area contributed by atoms with Crippen LogP contribution in [0.3, 0.4) is 0 Å². The number of ether oxygens (including phenoxy) is 1. The van der Waals surface area contributed by atoms with Crippen molar-refractivity contribution in [2.45, 2.75) is 6.92 Å². The Hall–Kier alpha value is -1.78. The summed E-state index contributed by atoms with van der Waals surface area (Å²) in [5.74, 6) is 0.546. The number of pyridine rings is 1. The minimum absolute atomic E-state index is 0.466. The van der Waals surface area contributed by atoms with Gasteiger partial charge in [-0.1, -0.05) is 11.6 Å². The van der Waals surface area contributed by atoms with E-state index in [0.29, 0.717) is 22.2 Å². The molecule has 0 bridgehead atoms. The van der Waals surface area contributed by atoms with E-state index >= 15 is 0 Å². The standard InChI is InChI=1S/C13H13ClN2O2/c1-8-5-10(14)13(15-7-8)9-3-4-12(18-2)11(6-9)16-17/h3-7,16-17H,1-2H3. The predicted octanol–water partition coefficient (Wildman–Crippen LogP) is 3.52. The Kier molecular flexibility index (Phi) is 3.69. The van der Waals surface area contributed by atoms with Crippen LogP contribution in [0, 0.1) is 6.92 Å². The topological polar surface area (TPSA) is 54.4 Å². The summed E-state index contributed by atoms with van der Waals surface area (Å²) in [7, 11) is 1.53. The molecule has 18 heavy (non-hydrogen) atoms. The Morgan fingerprint density at radius 3 is 2.72 bits per heavy atom. The van der Waals surface area contributed by atoms with Gasteiger partial charge in [-0.25, -0.2) is 0 Å². The maximum absolute atomic E-state index is 9.05. The first kappa shape index (κ1) is 12.7. The van der Waals surface area contributed by atoms with Gasteiger partial charge in [-0.05, 0) is 36.8 Å².